The molecular formula is C16H29ClN4. The Balaban J connectivity index is 1.67. The van der Waals surface area contributed by atoms with Crippen molar-refractivity contribution >= 4 is 11.6 Å². The third-order valence-corrected chi connectivity index (χ3v) is 4.75. The second kappa shape index (κ2) is 8.76. The number of aryl methyl sites for hydroxylation is 1. The number of rotatable bonds is 9. The Kier molecular flexibility index (Phi) is 7.00. The van der Waals surface area contributed by atoms with Gasteiger partial charge >= 0.3 is 0 Å². The summed E-state index contributed by atoms with van der Waals surface area (Å²) in [7, 11) is 2.24. The van der Waals surface area contributed by atoms with E-state index >= 15 is 0 Å². The van der Waals surface area contributed by atoms with Crippen LogP contribution in [-0.2, 0) is 13.0 Å². The number of aromatic amines is 1. The molecule has 1 aromatic rings. The molecule has 1 saturated carbocycles. The molecule has 0 unspecified atom stereocenters. The number of nitrogens with zero attached hydrogens (tertiary/aromatic N) is 2. The lowest BCUT2D eigenvalue weighted by Crippen LogP contribution is -2.35. The molecule has 0 amide bonds. The molecule has 1 aliphatic rings. The zero-order valence-corrected chi connectivity index (χ0v) is 14.2. The number of hydrogen-bond donors (Lipinski definition) is 2. The lowest BCUT2D eigenvalue weighted by Gasteiger charge is -2.23. The van der Waals surface area contributed by atoms with Gasteiger partial charge in [-0.3, -0.25) is 0 Å². The van der Waals surface area contributed by atoms with E-state index in [0.29, 0.717) is 5.15 Å². The van der Waals surface area contributed by atoms with Crippen LogP contribution in [0.5, 0.6) is 0 Å². The van der Waals surface area contributed by atoms with Crippen molar-refractivity contribution in [1.29, 1.82) is 0 Å². The summed E-state index contributed by atoms with van der Waals surface area (Å²) in [5.74, 6) is 1.02. The van der Waals surface area contributed by atoms with Crippen molar-refractivity contribution in [2.24, 2.45) is 0 Å². The molecule has 4 nitrogen and oxygen atoms in total. The lowest BCUT2D eigenvalue weighted by molar-refractivity contribution is 0.245. The van der Waals surface area contributed by atoms with Crippen molar-refractivity contribution in [3.8, 4) is 0 Å². The van der Waals surface area contributed by atoms with Crippen LogP contribution in [-0.4, -0.2) is 41.0 Å². The highest BCUT2D eigenvalue weighted by molar-refractivity contribution is 6.30. The average Bonchev–Trinajstić information content (AvgIpc) is 3.11. The molecule has 0 atom stereocenters. The van der Waals surface area contributed by atoms with Crippen molar-refractivity contribution in [2.75, 3.05) is 20.1 Å². The Bertz CT molecular complexity index is 412. The molecule has 21 heavy (non-hydrogen) atoms. The van der Waals surface area contributed by atoms with Crippen molar-refractivity contribution in [3.05, 3.63) is 16.7 Å². The quantitative estimate of drug-likeness (QED) is 0.687. The molecule has 0 aliphatic heterocycles. The van der Waals surface area contributed by atoms with Crippen LogP contribution in [0.2, 0.25) is 5.15 Å². The normalized spacial score (nSPS) is 16.2. The third-order valence-electron chi connectivity index (χ3n) is 4.44. The molecule has 0 bridgehead atoms. The van der Waals surface area contributed by atoms with Crippen LogP contribution in [0, 0.1) is 0 Å². The Labute approximate surface area is 133 Å². The molecule has 2 N–H and O–H groups in total. The SMILES string of the molecule is CCCCc1nc(Cl)c(CNCCN(C)C2CCCC2)[nH]1. The summed E-state index contributed by atoms with van der Waals surface area (Å²) in [6.45, 7) is 5.05. The second-order valence-corrected chi connectivity index (χ2v) is 6.51. The maximum Gasteiger partial charge on any atom is 0.151 e. The Morgan fingerprint density at radius 2 is 2.14 bits per heavy atom. The maximum absolute atomic E-state index is 6.18. The number of hydrogen-bond acceptors (Lipinski definition) is 3. The second-order valence-electron chi connectivity index (χ2n) is 6.15. The molecule has 0 radical (unpaired) electrons. The fourth-order valence-corrected chi connectivity index (χ4v) is 3.23. The van der Waals surface area contributed by atoms with Gasteiger partial charge in [0.2, 0.25) is 0 Å². The van der Waals surface area contributed by atoms with Gasteiger partial charge in [-0.1, -0.05) is 37.8 Å². The molecule has 0 spiro atoms. The first kappa shape index (κ1) is 16.8. The first-order valence-electron chi connectivity index (χ1n) is 8.35. The molecular weight excluding hydrogens is 284 g/mol. The highest BCUT2D eigenvalue weighted by Crippen LogP contribution is 2.21. The van der Waals surface area contributed by atoms with Crippen LogP contribution in [0.15, 0.2) is 0 Å². The summed E-state index contributed by atoms with van der Waals surface area (Å²) in [4.78, 5) is 10.2. The van der Waals surface area contributed by atoms with E-state index in [1.54, 1.807) is 0 Å². The molecule has 1 aromatic heterocycles. The summed E-state index contributed by atoms with van der Waals surface area (Å²) in [6.07, 6.45) is 8.84. The first-order chi connectivity index (χ1) is 10.2. The predicted octanol–water partition coefficient (Wildman–Crippen LogP) is 3.37. The number of halogens is 1. The van der Waals surface area contributed by atoms with Crippen LogP contribution in [0.1, 0.15) is 57.0 Å². The standard InChI is InChI=1S/C16H29ClN4/c1-3-4-9-15-19-14(16(17)20-15)12-18-10-11-21(2)13-7-5-6-8-13/h13,18H,3-12H2,1-2H3,(H,19,20). The number of nitrogens with one attached hydrogen (secondary N) is 2. The van der Waals surface area contributed by atoms with E-state index in [0.717, 1.165) is 50.0 Å². The highest BCUT2D eigenvalue weighted by Gasteiger charge is 2.18. The predicted molar refractivity (Wildman–Crippen MR) is 88.8 cm³/mol. The summed E-state index contributed by atoms with van der Waals surface area (Å²) < 4.78 is 0. The third kappa shape index (κ3) is 5.28. The van der Waals surface area contributed by atoms with E-state index < -0.39 is 0 Å². The zero-order chi connectivity index (χ0) is 15.1. The van der Waals surface area contributed by atoms with Crippen LogP contribution in [0.25, 0.3) is 0 Å². The molecule has 2 rings (SSSR count). The summed E-state index contributed by atoms with van der Waals surface area (Å²) in [6, 6.07) is 0.795. The number of aromatic nitrogens is 2. The van der Waals surface area contributed by atoms with Gasteiger partial charge < -0.3 is 15.2 Å². The van der Waals surface area contributed by atoms with Gasteiger partial charge in [0.25, 0.3) is 0 Å². The summed E-state index contributed by atoms with van der Waals surface area (Å²) >= 11 is 6.18. The minimum absolute atomic E-state index is 0.623. The Morgan fingerprint density at radius 1 is 1.38 bits per heavy atom. The van der Waals surface area contributed by atoms with E-state index in [1.807, 2.05) is 0 Å². The lowest BCUT2D eigenvalue weighted by atomic mass is 10.2. The van der Waals surface area contributed by atoms with Crippen LogP contribution in [0.4, 0.5) is 0 Å². The molecule has 0 aromatic carbocycles. The van der Waals surface area contributed by atoms with E-state index in [2.05, 4.69) is 34.2 Å². The van der Waals surface area contributed by atoms with Gasteiger partial charge in [0.1, 0.15) is 5.82 Å². The number of H-pyrrole nitrogens is 1. The van der Waals surface area contributed by atoms with Gasteiger partial charge in [-0.15, -0.1) is 0 Å². The van der Waals surface area contributed by atoms with Gasteiger partial charge in [0.05, 0.1) is 5.69 Å². The van der Waals surface area contributed by atoms with E-state index in [-0.39, 0.29) is 0 Å². The minimum atomic E-state index is 0.623. The maximum atomic E-state index is 6.18. The highest BCUT2D eigenvalue weighted by atomic mass is 35.5. The number of unbranched alkanes of at least 4 members (excludes halogenated alkanes) is 1. The Morgan fingerprint density at radius 3 is 2.86 bits per heavy atom. The van der Waals surface area contributed by atoms with Crippen LogP contribution >= 0.6 is 11.6 Å². The fraction of sp³-hybridized carbons (Fsp3) is 0.812. The van der Waals surface area contributed by atoms with E-state index in [1.165, 1.54) is 32.1 Å². The summed E-state index contributed by atoms with van der Waals surface area (Å²) in [5.41, 5.74) is 1.02. The Hall–Kier alpha value is -0.580. The largest absolute Gasteiger partial charge is 0.344 e. The van der Waals surface area contributed by atoms with Crippen molar-refractivity contribution in [2.45, 2.75) is 64.5 Å². The van der Waals surface area contributed by atoms with Crippen LogP contribution in [0.3, 0.4) is 0 Å². The topological polar surface area (TPSA) is 44.0 Å². The zero-order valence-electron chi connectivity index (χ0n) is 13.4. The molecule has 1 aliphatic carbocycles. The number of likely N-dealkylation sites (N-methyl/N-ethyl adjacent to an activating group) is 1. The minimum Gasteiger partial charge on any atom is -0.344 e. The van der Waals surface area contributed by atoms with Crippen LogP contribution < -0.4 is 5.32 Å². The van der Waals surface area contributed by atoms with Gasteiger partial charge in [-0.05, 0) is 26.3 Å². The smallest absolute Gasteiger partial charge is 0.151 e. The fourth-order valence-electron chi connectivity index (χ4n) is 3.02. The van der Waals surface area contributed by atoms with Crippen molar-refractivity contribution < 1.29 is 0 Å². The van der Waals surface area contributed by atoms with Crippen molar-refractivity contribution in [3.63, 3.8) is 0 Å². The van der Waals surface area contributed by atoms with E-state index in [4.69, 9.17) is 11.6 Å². The molecule has 5 heteroatoms. The molecule has 1 heterocycles. The summed E-state index contributed by atoms with van der Waals surface area (Å²) in [5, 5.41) is 4.09. The van der Waals surface area contributed by atoms with E-state index in [9.17, 15) is 0 Å². The van der Waals surface area contributed by atoms with Gasteiger partial charge in [-0.25, -0.2) is 4.98 Å². The first-order valence-corrected chi connectivity index (χ1v) is 8.72. The van der Waals surface area contributed by atoms with Gasteiger partial charge in [0.15, 0.2) is 5.15 Å². The molecule has 120 valence electrons. The monoisotopic (exact) mass is 312 g/mol. The molecule has 0 saturated heterocycles. The molecule has 1 fully saturated rings. The average molecular weight is 313 g/mol. The van der Waals surface area contributed by atoms with Gasteiger partial charge in [-0.2, -0.15) is 0 Å². The number of imidazole rings is 1. The van der Waals surface area contributed by atoms with Gasteiger partial charge in [0, 0.05) is 32.1 Å². The van der Waals surface area contributed by atoms with Crippen molar-refractivity contribution in [1.82, 2.24) is 20.2 Å².